The van der Waals surface area contributed by atoms with Gasteiger partial charge in [0.25, 0.3) is 0 Å². The third kappa shape index (κ3) is 2.30. The second-order valence-electron chi connectivity index (χ2n) is 2.85. The van der Waals surface area contributed by atoms with Gasteiger partial charge in [-0.05, 0) is 38.8 Å². The van der Waals surface area contributed by atoms with E-state index in [1.54, 1.807) is 29.8 Å². The number of thiophene rings is 2. The molecule has 80 valence electrons. The van der Waals surface area contributed by atoms with Crippen LogP contribution in [0.15, 0.2) is 27.4 Å². The first-order valence-corrected chi connectivity index (χ1v) is 7.69. The van der Waals surface area contributed by atoms with E-state index in [2.05, 4.69) is 43.3 Å². The molecular weight excluding hydrogens is 360 g/mol. The molecule has 0 aliphatic rings. The van der Waals surface area contributed by atoms with Gasteiger partial charge in [0.05, 0.1) is 16.8 Å². The zero-order valence-electron chi connectivity index (χ0n) is 7.87. The molecule has 0 aliphatic carbocycles. The van der Waals surface area contributed by atoms with Crippen LogP contribution >= 0.6 is 54.5 Å². The molecule has 2 aromatic heterocycles. The summed E-state index contributed by atoms with van der Waals surface area (Å²) in [5.74, 6) is 0.946. The molecule has 0 aromatic carbocycles. The van der Waals surface area contributed by atoms with Crippen molar-refractivity contribution in [2.75, 3.05) is 7.11 Å². The van der Waals surface area contributed by atoms with Gasteiger partial charge in [-0.25, -0.2) is 0 Å². The first-order valence-electron chi connectivity index (χ1n) is 4.22. The van der Waals surface area contributed by atoms with Gasteiger partial charge in [0.1, 0.15) is 5.75 Å². The van der Waals surface area contributed by atoms with Crippen molar-refractivity contribution in [3.63, 3.8) is 0 Å². The lowest BCUT2D eigenvalue weighted by Crippen LogP contribution is -1.90. The van der Waals surface area contributed by atoms with Gasteiger partial charge in [-0.3, -0.25) is 0 Å². The van der Waals surface area contributed by atoms with Crippen molar-refractivity contribution in [3.8, 4) is 5.75 Å². The second kappa shape index (κ2) is 4.99. The fourth-order valence-corrected chi connectivity index (χ4v) is 5.20. The van der Waals surface area contributed by atoms with E-state index in [0.29, 0.717) is 0 Å². The highest BCUT2D eigenvalue weighted by Gasteiger charge is 2.19. The van der Waals surface area contributed by atoms with E-state index in [1.165, 1.54) is 9.75 Å². The number of rotatable bonds is 3. The van der Waals surface area contributed by atoms with E-state index in [0.717, 1.165) is 10.2 Å². The summed E-state index contributed by atoms with van der Waals surface area (Å²) in [6, 6.07) is 4.06. The number of halogens is 2. The Kier molecular flexibility index (Phi) is 3.88. The van der Waals surface area contributed by atoms with E-state index in [1.807, 2.05) is 11.4 Å². The van der Waals surface area contributed by atoms with Gasteiger partial charge in [0, 0.05) is 9.35 Å². The van der Waals surface area contributed by atoms with Crippen LogP contribution in [0.3, 0.4) is 0 Å². The smallest absolute Gasteiger partial charge is 0.134 e. The molecule has 0 saturated carbocycles. The van der Waals surface area contributed by atoms with Gasteiger partial charge in [-0.1, -0.05) is 15.9 Å². The first-order chi connectivity index (χ1) is 7.24. The van der Waals surface area contributed by atoms with Crippen LogP contribution < -0.4 is 4.74 Å². The van der Waals surface area contributed by atoms with E-state index in [9.17, 15) is 0 Å². The molecule has 0 bridgehead atoms. The van der Waals surface area contributed by atoms with Crippen LogP contribution in [0.25, 0.3) is 0 Å². The largest absolute Gasteiger partial charge is 0.496 e. The van der Waals surface area contributed by atoms with E-state index in [-0.39, 0.29) is 4.83 Å². The predicted octanol–water partition coefficient (Wildman–Crippen LogP) is 5.07. The Labute approximate surface area is 113 Å². The first kappa shape index (κ1) is 11.6. The van der Waals surface area contributed by atoms with Crippen LogP contribution in [0.1, 0.15) is 14.6 Å². The van der Waals surface area contributed by atoms with Crippen molar-refractivity contribution in [1.29, 1.82) is 0 Å². The lowest BCUT2D eigenvalue weighted by atomic mass is 10.3. The fourth-order valence-electron chi connectivity index (χ4n) is 1.27. The molecule has 2 aromatic rings. The molecule has 2 heterocycles. The quantitative estimate of drug-likeness (QED) is 0.688. The summed E-state index contributed by atoms with van der Waals surface area (Å²) < 4.78 is 6.46. The molecule has 5 heteroatoms. The third-order valence-electron chi connectivity index (χ3n) is 1.98. The zero-order chi connectivity index (χ0) is 10.8. The van der Waals surface area contributed by atoms with Crippen LogP contribution in [0, 0.1) is 0 Å². The SMILES string of the molecule is COc1ccsc1C(Br)c1sccc1Br. The average Bonchev–Trinajstić information content (AvgIpc) is 2.84. The molecule has 1 unspecified atom stereocenters. The number of hydrogen-bond acceptors (Lipinski definition) is 3. The molecule has 15 heavy (non-hydrogen) atoms. The summed E-state index contributed by atoms with van der Waals surface area (Å²) in [7, 11) is 1.70. The molecule has 0 fully saturated rings. The monoisotopic (exact) mass is 366 g/mol. The summed E-state index contributed by atoms with van der Waals surface area (Å²) in [4.78, 5) is 2.69. The lowest BCUT2D eigenvalue weighted by Gasteiger charge is -2.08. The van der Waals surface area contributed by atoms with Crippen molar-refractivity contribution < 1.29 is 4.74 Å². The van der Waals surface area contributed by atoms with E-state index < -0.39 is 0 Å². The van der Waals surface area contributed by atoms with Gasteiger partial charge in [-0.15, -0.1) is 22.7 Å². The summed E-state index contributed by atoms with van der Waals surface area (Å²) in [5, 5.41) is 4.12. The lowest BCUT2D eigenvalue weighted by molar-refractivity contribution is 0.413. The molecule has 0 aliphatic heterocycles. The summed E-state index contributed by atoms with van der Waals surface area (Å²) in [6.07, 6.45) is 0. The zero-order valence-corrected chi connectivity index (χ0v) is 12.7. The van der Waals surface area contributed by atoms with Crippen molar-refractivity contribution in [2.45, 2.75) is 4.83 Å². The van der Waals surface area contributed by atoms with Crippen LogP contribution in [-0.4, -0.2) is 7.11 Å². The maximum atomic E-state index is 5.31. The van der Waals surface area contributed by atoms with Crippen LogP contribution in [0.4, 0.5) is 0 Å². The fraction of sp³-hybridized carbons (Fsp3) is 0.200. The van der Waals surface area contributed by atoms with Crippen LogP contribution in [-0.2, 0) is 0 Å². The standard InChI is InChI=1S/C10H8Br2OS2/c1-13-7-3-5-15-10(7)8(12)9-6(11)2-4-14-9/h2-5,8H,1H3. The number of hydrogen-bond donors (Lipinski definition) is 0. The normalized spacial score (nSPS) is 12.7. The molecule has 2 rings (SSSR count). The Balaban J connectivity index is 2.36. The number of methoxy groups -OCH3 is 1. The molecule has 1 nitrogen and oxygen atoms in total. The Morgan fingerprint density at radius 1 is 1.20 bits per heavy atom. The second-order valence-corrected chi connectivity index (χ2v) is 6.51. The third-order valence-corrected chi connectivity index (χ3v) is 6.40. The minimum absolute atomic E-state index is 0.210. The topological polar surface area (TPSA) is 9.23 Å². The van der Waals surface area contributed by atoms with Crippen LogP contribution in [0.2, 0.25) is 0 Å². The maximum absolute atomic E-state index is 5.31. The average molecular weight is 368 g/mol. The highest BCUT2D eigenvalue weighted by atomic mass is 79.9. The number of alkyl halides is 1. The summed E-state index contributed by atoms with van der Waals surface area (Å²) in [5.41, 5.74) is 0. The Morgan fingerprint density at radius 2 is 1.87 bits per heavy atom. The number of ether oxygens (including phenoxy) is 1. The van der Waals surface area contributed by atoms with E-state index >= 15 is 0 Å². The maximum Gasteiger partial charge on any atom is 0.134 e. The minimum Gasteiger partial charge on any atom is -0.496 e. The molecular formula is C10H8Br2OS2. The highest BCUT2D eigenvalue weighted by Crippen LogP contribution is 2.44. The molecule has 0 N–H and O–H groups in total. The molecule has 0 spiro atoms. The molecule has 0 saturated heterocycles. The van der Waals surface area contributed by atoms with Gasteiger partial charge >= 0.3 is 0 Å². The van der Waals surface area contributed by atoms with Crippen molar-refractivity contribution >= 4 is 54.5 Å². The Morgan fingerprint density at radius 3 is 2.47 bits per heavy atom. The van der Waals surface area contributed by atoms with Crippen molar-refractivity contribution in [3.05, 3.63) is 37.1 Å². The highest BCUT2D eigenvalue weighted by molar-refractivity contribution is 9.11. The van der Waals surface area contributed by atoms with Gasteiger partial charge < -0.3 is 4.74 Å². The molecule has 1 atom stereocenters. The molecule has 0 amide bonds. The van der Waals surface area contributed by atoms with Gasteiger partial charge in [-0.2, -0.15) is 0 Å². The summed E-state index contributed by atoms with van der Waals surface area (Å²) in [6.45, 7) is 0. The Bertz CT molecular complexity index is 450. The van der Waals surface area contributed by atoms with Crippen molar-refractivity contribution in [2.24, 2.45) is 0 Å². The predicted molar refractivity (Wildman–Crippen MR) is 73.7 cm³/mol. The van der Waals surface area contributed by atoms with Crippen LogP contribution in [0.5, 0.6) is 5.75 Å². The van der Waals surface area contributed by atoms with Gasteiger partial charge in [0.2, 0.25) is 0 Å². The van der Waals surface area contributed by atoms with E-state index in [4.69, 9.17) is 4.74 Å². The van der Waals surface area contributed by atoms with Gasteiger partial charge in [0.15, 0.2) is 0 Å². The van der Waals surface area contributed by atoms with Crippen molar-refractivity contribution in [1.82, 2.24) is 0 Å². The summed E-state index contributed by atoms with van der Waals surface area (Å²) >= 11 is 10.7. The molecule has 0 radical (unpaired) electrons. The Hall–Kier alpha value is 0.160. The minimum atomic E-state index is 0.210.